The predicted molar refractivity (Wildman–Crippen MR) is 138 cm³/mol. The molecular formula is C28H22F3N5O5. The molecule has 3 N–H and O–H groups in total. The second-order valence-corrected chi connectivity index (χ2v) is 8.82. The second kappa shape index (κ2) is 11.0. The highest BCUT2D eigenvalue weighted by Crippen LogP contribution is 2.33. The number of pyridine rings is 1. The molecule has 4 aromatic rings. The Labute approximate surface area is 231 Å². The number of para-hydroxylation sites is 1. The number of halogens is 3. The average Bonchev–Trinajstić information content (AvgIpc) is 3.64. The molecule has 1 atom stereocenters. The van der Waals surface area contributed by atoms with Crippen molar-refractivity contribution in [2.75, 3.05) is 0 Å². The number of nitrogens with one attached hydrogen (secondary N) is 1. The van der Waals surface area contributed by atoms with Gasteiger partial charge >= 0.3 is 18.1 Å². The molecule has 1 aliphatic rings. The van der Waals surface area contributed by atoms with Gasteiger partial charge in [0.1, 0.15) is 24.3 Å². The van der Waals surface area contributed by atoms with Gasteiger partial charge in [-0.25, -0.2) is 9.67 Å². The van der Waals surface area contributed by atoms with E-state index in [-0.39, 0.29) is 29.1 Å². The fourth-order valence-electron chi connectivity index (χ4n) is 4.34. The van der Waals surface area contributed by atoms with Crippen molar-refractivity contribution in [3.05, 3.63) is 109 Å². The molecule has 10 nitrogen and oxygen atoms in total. The summed E-state index contributed by atoms with van der Waals surface area (Å²) in [4.78, 5) is 30.4. The number of hydrogen-bond donors (Lipinski definition) is 2. The first-order chi connectivity index (χ1) is 19.7. The third kappa shape index (κ3) is 5.83. The Morgan fingerprint density at radius 1 is 1.00 bits per heavy atom. The molecule has 0 saturated heterocycles. The Hall–Kier alpha value is -5.33. The fourth-order valence-corrected chi connectivity index (χ4v) is 4.34. The van der Waals surface area contributed by atoms with Crippen molar-refractivity contribution >= 4 is 11.8 Å². The molecule has 0 spiro atoms. The van der Waals surface area contributed by atoms with Gasteiger partial charge in [-0.2, -0.15) is 5.10 Å². The van der Waals surface area contributed by atoms with Crippen LogP contribution in [0.2, 0.25) is 0 Å². The molecule has 0 radical (unpaired) electrons. The number of amides is 2. The molecule has 41 heavy (non-hydrogen) atoms. The number of nitrogens with zero attached hydrogens (tertiary/aromatic N) is 3. The van der Waals surface area contributed by atoms with E-state index in [1.807, 2.05) is 6.07 Å². The Morgan fingerprint density at radius 2 is 1.71 bits per heavy atom. The summed E-state index contributed by atoms with van der Waals surface area (Å²) in [5.74, 6) is -3.98. The van der Waals surface area contributed by atoms with Crippen molar-refractivity contribution in [2.24, 2.45) is 5.73 Å². The lowest BCUT2D eigenvalue weighted by atomic mass is 9.97. The largest absolute Gasteiger partial charge is 0.573 e. The zero-order valence-corrected chi connectivity index (χ0v) is 21.1. The number of aromatic nitrogens is 3. The molecule has 3 heterocycles. The van der Waals surface area contributed by atoms with Gasteiger partial charge in [0.15, 0.2) is 5.82 Å². The van der Waals surface area contributed by atoms with Crippen molar-refractivity contribution in [3.8, 4) is 22.8 Å². The van der Waals surface area contributed by atoms with Crippen LogP contribution in [0.5, 0.6) is 5.75 Å². The Kier molecular flexibility index (Phi) is 7.34. The Balaban J connectivity index is 1.46. The molecule has 210 valence electrons. The zero-order valence-electron chi connectivity index (χ0n) is 21.1. The minimum atomic E-state index is -4.90. The number of carbonyl (C=O) groups is 2. The lowest BCUT2D eigenvalue weighted by molar-refractivity contribution is -0.274. The van der Waals surface area contributed by atoms with Crippen LogP contribution in [-0.2, 0) is 20.7 Å². The number of carbonyl (C=O) groups excluding carboxylic acids is 2. The third-order valence-electron chi connectivity index (χ3n) is 6.16. The van der Waals surface area contributed by atoms with Crippen molar-refractivity contribution in [1.82, 2.24) is 20.1 Å². The van der Waals surface area contributed by atoms with Crippen molar-refractivity contribution in [3.63, 3.8) is 0 Å². The standard InChI is InChI=1S/C28H22F3N5O5/c29-28(30,31)41-22-11-5-4-9-19(22)21-12-14-36(35-21)24-20(10-6-13-33-24)25(37)34-23(17-18-7-2-1-3-8-18)27(26(32)38)39-15-16-40-27/h1-16,23H,17H2,(H2,32,38)(H,34,37). The summed E-state index contributed by atoms with van der Waals surface area (Å²) in [5, 5.41) is 7.12. The van der Waals surface area contributed by atoms with Crippen LogP contribution < -0.4 is 15.8 Å². The lowest BCUT2D eigenvalue weighted by Crippen LogP contribution is -2.61. The van der Waals surface area contributed by atoms with Crippen LogP contribution in [0.4, 0.5) is 13.2 Å². The van der Waals surface area contributed by atoms with Gasteiger partial charge in [-0.05, 0) is 35.9 Å². The second-order valence-electron chi connectivity index (χ2n) is 8.82. The molecular weight excluding hydrogens is 543 g/mol. The number of hydrogen-bond acceptors (Lipinski definition) is 7. The van der Waals surface area contributed by atoms with Crippen LogP contribution >= 0.6 is 0 Å². The van der Waals surface area contributed by atoms with E-state index >= 15 is 0 Å². The normalized spacial score (nSPS) is 14.5. The van der Waals surface area contributed by atoms with Crippen LogP contribution in [0, 0.1) is 0 Å². The number of alkyl halides is 3. The van der Waals surface area contributed by atoms with Crippen molar-refractivity contribution in [2.45, 2.75) is 24.6 Å². The molecule has 1 unspecified atom stereocenters. The van der Waals surface area contributed by atoms with E-state index in [1.54, 1.807) is 30.3 Å². The first kappa shape index (κ1) is 27.2. The van der Waals surface area contributed by atoms with Gasteiger partial charge in [-0.3, -0.25) is 9.59 Å². The summed E-state index contributed by atoms with van der Waals surface area (Å²) < 4.78 is 55.1. The smallest absolute Gasteiger partial charge is 0.447 e. The minimum absolute atomic E-state index is 0.0469. The third-order valence-corrected chi connectivity index (χ3v) is 6.16. The van der Waals surface area contributed by atoms with E-state index in [0.29, 0.717) is 0 Å². The number of nitrogens with two attached hydrogens (primary N) is 1. The van der Waals surface area contributed by atoms with Gasteiger partial charge in [-0.1, -0.05) is 42.5 Å². The number of benzene rings is 2. The molecule has 5 rings (SSSR count). The molecule has 2 amide bonds. The molecule has 0 saturated carbocycles. The van der Waals surface area contributed by atoms with Gasteiger partial charge < -0.3 is 25.3 Å². The highest BCUT2D eigenvalue weighted by atomic mass is 19.4. The minimum Gasteiger partial charge on any atom is -0.447 e. The highest BCUT2D eigenvalue weighted by molar-refractivity contribution is 5.98. The summed E-state index contributed by atoms with van der Waals surface area (Å²) in [7, 11) is 0. The maximum atomic E-state index is 13.6. The van der Waals surface area contributed by atoms with Crippen LogP contribution in [0.3, 0.4) is 0 Å². The summed E-state index contributed by atoms with van der Waals surface area (Å²) in [6, 6.07) is 17.9. The quantitative estimate of drug-likeness (QED) is 0.315. The van der Waals surface area contributed by atoms with Crippen LogP contribution in [0.15, 0.2) is 97.7 Å². The van der Waals surface area contributed by atoms with Crippen molar-refractivity contribution in [1.29, 1.82) is 0 Å². The fraction of sp³-hybridized carbons (Fsp3) is 0.143. The molecule has 0 bridgehead atoms. The maximum Gasteiger partial charge on any atom is 0.573 e. The van der Waals surface area contributed by atoms with Gasteiger partial charge in [0.25, 0.3) is 5.91 Å². The summed E-state index contributed by atoms with van der Waals surface area (Å²) >= 11 is 0. The van der Waals surface area contributed by atoms with Gasteiger partial charge in [0, 0.05) is 24.4 Å². The van der Waals surface area contributed by atoms with E-state index in [0.717, 1.165) is 18.1 Å². The lowest BCUT2D eigenvalue weighted by Gasteiger charge is -2.33. The first-order valence-corrected chi connectivity index (χ1v) is 12.2. The predicted octanol–water partition coefficient (Wildman–Crippen LogP) is 3.87. The van der Waals surface area contributed by atoms with Crippen LogP contribution in [-0.4, -0.2) is 44.8 Å². The van der Waals surface area contributed by atoms with E-state index in [1.165, 1.54) is 53.5 Å². The molecule has 1 aliphatic heterocycles. The van der Waals surface area contributed by atoms with E-state index in [9.17, 15) is 22.8 Å². The monoisotopic (exact) mass is 565 g/mol. The van der Waals surface area contributed by atoms with E-state index < -0.39 is 35.8 Å². The maximum absolute atomic E-state index is 13.6. The van der Waals surface area contributed by atoms with E-state index in [4.69, 9.17) is 15.2 Å². The summed E-state index contributed by atoms with van der Waals surface area (Å²) in [6.07, 6.45) is 0.415. The van der Waals surface area contributed by atoms with Gasteiger partial charge in [0.2, 0.25) is 0 Å². The zero-order chi connectivity index (χ0) is 29.0. The topological polar surface area (TPSA) is 131 Å². The van der Waals surface area contributed by atoms with Gasteiger partial charge in [0.05, 0.1) is 11.3 Å². The molecule has 0 aliphatic carbocycles. The molecule has 13 heteroatoms. The SMILES string of the molecule is NC(=O)C1(C(Cc2ccccc2)NC(=O)c2cccnc2-n2ccc(-c3ccccc3OC(F)(F)F)n2)OC=CO1. The number of primary amides is 1. The Bertz CT molecular complexity index is 1580. The number of rotatable bonds is 9. The molecule has 2 aromatic heterocycles. The average molecular weight is 566 g/mol. The molecule has 0 fully saturated rings. The summed E-state index contributed by atoms with van der Waals surface area (Å²) in [6.45, 7) is 0. The van der Waals surface area contributed by atoms with Crippen LogP contribution in [0.25, 0.3) is 17.1 Å². The van der Waals surface area contributed by atoms with Crippen molar-refractivity contribution < 1.29 is 37.0 Å². The van der Waals surface area contributed by atoms with Gasteiger partial charge in [-0.15, -0.1) is 13.2 Å². The van der Waals surface area contributed by atoms with Crippen LogP contribution in [0.1, 0.15) is 15.9 Å². The summed E-state index contributed by atoms with van der Waals surface area (Å²) in [5.41, 5.74) is 6.69. The Morgan fingerprint density at radius 3 is 2.41 bits per heavy atom. The molecule has 2 aromatic carbocycles. The first-order valence-electron chi connectivity index (χ1n) is 12.2. The number of ether oxygens (including phenoxy) is 3. The highest BCUT2D eigenvalue weighted by Gasteiger charge is 2.51. The van der Waals surface area contributed by atoms with E-state index in [2.05, 4.69) is 20.1 Å².